The molecule has 26 heavy (non-hydrogen) atoms. The van der Waals surface area contributed by atoms with Crippen LogP contribution in [0.2, 0.25) is 5.02 Å². The summed E-state index contributed by atoms with van der Waals surface area (Å²) >= 11 is 7.67. The Kier molecular flexibility index (Phi) is 5.77. The van der Waals surface area contributed by atoms with Gasteiger partial charge in [-0.25, -0.2) is 9.97 Å². The minimum absolute atomic E-state index is 0.141. The molecule has 0 saturated heterocycles. The lowest BCUT2D eigenvalue weighted by Gasteiger charge is -2.16. The molecule has 0 fully saturated rings. The van der Waals surface area contributed by atoms with E-state index in [1.807, 2.05) is 42.2 Å². The van der Waals surface area contributed by atoms with E-state index in [1.165, 1.54) is 12.3 Å². The van der Waals surface area contributed by atoms with Gasteiger partial charge in [0.05, 0.1) is 21.2 Å². The topological polar surface area (TPSA) is 84.2 Å². The number of hydrogen-bond acceptors (Lipinski definition) is 7. The monoisotopic (exact) mass is 389 g/mol. The number of halogens is 1. The van der Waals surface area contributed by atoms with Gasteiger partial charge in [0.2, 0.25) is 0 Å². The number of anilines is 2. The Morgan fingerprint density at radius 3 is 2.85 bits per heavy atom. The molecule has 0 aliphatic heterocycles. The molecule has 0 spiro atoms. The van der Waals surface area contributed by atoms with Crippen molar-refractivity contribution < 1.29 is 4.92 Å². The number of pyridine rings is 1. The van der Waals surface area contributed by atoms with Crippen LogP contribution in [0.5, 0.6) is 0 Å². The highest BCUT2D eigenvalue weighted by Gasteiger charge is 2.11. The Bertz CT molecular complexity index is 904. The Morgan fingerprint density at radius 1 is 1.31 bits per heavy atom. The number of rotatable bonds is 7. The maximum Gasteiger partial charge on any atom is 0.289 e. The van der Waals surface area contributed by atoms with E-state index in [2.05, 4.69) is 20.2 Å². The fourth-order valence-corrected chi connectivity index (χ4v) is 3.22. The number of thiazole rings is 1. The summed E-state index contributed by atoms with van der Waals surface area (Å²) in [5, 5.41) is 16.1. The highest BCUT2D eigenvalue weighted by atomic mass is 35.5. The van der Waals surface area contributed by atoms with Crippen LogP contribution >= 0.6 is 22.9 Å². The predicted octanol–water partition coefficient (Wildman–Crippen LogP) is 4.48. The molecule has 1 N–H and O–H groups in total. The Labute approximate surface area is 159 Å². The zero-order valence-corrected chi connectivity index (χ0v) is 15.5. The largest absolute Gasteiger partial charge is 0.339 e. The van der Waals surface area contributed by atoms with Crippen LogP contribution in [0.3, 0.4) is 0 Å². The zero-order valence-electron chi connectivity index (χ0n) is 13.9. The van der Waals surface area contributed by atoms with Crippen LogP contribution in [0.4, 0.5) is 17.2 Å². The van der Waals surface area contributed by atoms with Crippen molar-refractivity contribution >= 4 is 40.1 Å². The first-order valence-corrected chi connectivity index (χ1v) is 9.05. The van der Waals surface area contributed by atoms with E-state index in [0.29, 0.717) is 5.82 Å². The van der Waals surface area contributed by atoms with Crippen LogP contribution in [0.25, 0.3) is 0 Å². The van der Waals surface area contributed by atoms with Gasteiger partial charge in [0.1, 0.15) is 12.0 Å². The zero-order chi connectivity index (χ0) is 18.5. The van der Waals surface area contributed by atoms with E-state index < -0.39 is 4.92 Å². The van der Waals surface area contributed by atoms with Crippen molar-refractivity contribution in [2.45, 2.75) is 13.1 Å². The molecule has 3 rings (SSSR count). The predicted molar refractivity (Wildman–Crippen MR) is 103 cm³/mol. The van der Waals surface area contributed by atoms with E-state index in [4.69, 9.17) is 11.6 Å². The molecule has 0 aliphatic rings. The van der Waals surface area contributed by atoms with Gasteiger partial charge in [0.15, 0.2) is 0 Å². The van der Waals surface area contributed by atoms with Crippen molar-refractivity contribution in [1.29, 1.82) is 0 Å². The van der Waals surface area contributed by atoms with Crippen LogP contribution in [0.15, 0.2) is 47.4 Å². The molecule has 0 radical (unpaired) electrons. The van der Waals surface area contributed by atoms with Crippen LogP contribution in [0.1, 0.15) is 11.3 Å². The Hall–Kier alpha value is -2.55. The fraction of sp³-hybridized carbons (Fsp3) is 0.176. The number of aromatic nitrogens is 2. The van der Waals surface area contributed by atoms with Crippen LogP contribution in [0, 0.1) is 10.1 Å². The van der Waals surface area contributed by atoms with Gasteiger partial charge in [-0.2, -0.15) is 0 Å². The van der Waals surface area contributed by atoms with Gasteiger partial charge in [-0.05, 0) is 24.7 Å². The summed E-state index contributed by atoms with van der Waals surface area (Å²) in [6, 6.07) is 9.14. The highest BCUT2D eigenvalue weighted by Crippen LogP contribution is 2.27. The van der Waals surface area contributed by atoms with Crippen molar-refractivity contribution in [1.82, 2.24) is 14.9 Å². The van der Waals surface area contributed by atoms with Crippen molar-refractivity contribution in [3.8, 4) is 0 Å². The van der Waals surface area contributed by atoms with E-state index >= 15 is 0 Å². The average Bonchev–Trinajstić information content (AvgIpc) is 3.09. The first-order chi connectivity index (χ1) is 12.5. The molecule has 0 amide bonds. The molecule has 7 nitrogen and oxygen atoms in total. The number of hydrogen-bond donors (Lipinski definition) is 1. The van der Waals surface area contributed by atoms with Crippen LogP contribution in [-0.4, -0.2) is 26.8 Å². The fourth-order valence-electron chi connectivity index (χ4n) is 2.46. The van der Waals surface area contributed by atoms with E-state index in [1.54, 1.807) is 11.3 Å². The van der Waals surface area contributed by atoms with E-state index in [9.17, 15) is 10.1 Å². The maximum atomic E-state index is 10.8. The second-order valence-electron chi connectivity index (χ2n) is 5.76. The molecular formula is C17H16ClN5O2S. The van der Waals surface area contributed by atoms with Gasteiger partial charge >= 0.3 is 0 Å². The number of nitrogens with zero attached hydrogens (tertiary/aromatic N) is 4. The summed E-state index contributed by atoms with van der Waals surface area (Å²) in [5.41, 5.74) is 4.67. The summed E-state index contributed by atoms with van der Waals surface area (Å²) in [5.74, 6) is 0.380. The molecule has 9 heteroatoms. The molecule has 3 aromatic rings. The van der Waals surface area contributed by atoms with Gasteiger partial charge in [-0.15, -0.1) is 11.3 Å². The Balaban J connectivity index is 1.68. The lowest BCUT2D eigenvalue weighted by molar-refractivity contribution is -0.385. The third-order valence-corrected chi connectivity index (χ3v) is 4.52. The normalized spacial score (nSPS) is 10.9. The lowest BCUT2D eigenvalue weighted by atomic mass is 10.2. The number of nitrogens with one attached hydrogen (secondary N) is 1. The second kappa shape index (κ2) is 8.22. The van der Waals surface area contributed by atoms with Crippen molar-refractivity contribution in [2.75, 3.05) is 12.4 Å². The average molecular weight is 390 g/mol. The third kappa shape index (κ3) is 4.75. The minimum atomic E-state index is -0.526. The molecule has 0 saturated carbocycles. The molecular weight excluding hydrogens is 374 g/mol. The molecule has 0 aliphatic carbocycles. The molecule has 2 heterocycles. The summed E-state index contributed by atoms with van der Waals surface area (Å²) < 4.78 is 0. The second-order valence-corrected chi connectivity index (χ2v) is 6.88. The lowest BCUT2D eigenvalue weighted by Crippen LogP contribution is -2.17. The maximum absolute atomic E-state index is 10.8. The van der Waals surface area contributed by atoms with Gasteiger partial charge in [-0.3, -0.25) is 15.0 Å². The summed E-state index contributed by atoms with van der Waals surface area (Å²) in [4.78, 5) is 20.7. The summed E-state index contributed by atoms with van der Waals surface area (Å²) in [7, 11) is 2.04. The van der Waals surface area contributed by atoms with Crippen molar-refractivity contribution in [3.05, 3.63) is 73.8 Å². The first kappa shape index (κ1) is 18.2. The molecule has 1 aromatic carbocycles. The van der Waals surface area contributed by atoms with Crippen LogP contribution < -0.4 is 5.32 Å². The molecule has 0 atom stereocenters. The van der Waals surface area contributed by atoms with Crippen molar-refractivity contribution in [2.24, 2.45) is 0 Å². The molecule has 2 aromatic heterocycles. The van der Waals surface area contributed by atoms with E-state index in [-0.39, 0.29) is 10.7 Å². The number of nitro groups is 1. The van der Waals surface area contributed by atoms with Gasteiger partial charge < -0.3 is 5.32 Å². The molecule has 134 valence electrons. The Morgan fingerprint density at radius 2 is 2.15 bits per heavy atom. The third-order valence-electron chi connectivity index (χ3n) is 3.60. The summed E-state index contributed by atoms with van der Waals surface area (Å²) in [6.07, 6.45) is 1.18. The van der Waals surface area contributed by atoms with Crippen LogP contribution in [-0.2, 0) is 13.1 Å². The molecule has 0 bridgehead atoms. The van der Waals surface area contributed by atoms with Gasteiger partial charge in [0, 0.05) is 30.2 Å². The first-order valence-electron chi connectivity index (χ1n) is 7.73. The standard InChI is InChI=1S/C17H16ClN5O2S/c1-22(9-14-10-26-11-20-14)8-12-3-2-4-13(5-12)21-17-16(18)6-15(7-19-17)23(24)25/h2-7,10-11H,8-9H2,1H3,(H,19,21). The number of benzene rings is 1. The quantitative estimate of drug-likeness (QED) is 0.474. The highest BCUT2D eigenvalue weighted by molar-refractivity contribution is 7.07. The molecule has 0 unspecified atom stereocenters. The van der Waals surface area contributed by atoms with E-state index in [0.717, 1.165) is 30.0 Å². The van der Waals surface area contributed by atoms with Gasteiger partial charge in [0.25, 0.3) is 5.69 Å². The summed E-state index contributed by atoms with van der Waals surface area (Å²) in [6.45, 7) is 1.53. The SMILES string of the molecule is CN(Cc1cccc(Nc2ncc([N+](=O)[O-])cc2Cl)c1)Cc1cscn1. The smallest absolute Gasteiger partial charge is 0.289 e. The van der Waals surface area contributed by atoms with Gasteiger partial charge in [-0.1, -0.05) is 23.7 Å². The van der Waals surface area contributed by atoms with Crippen molar-refractivity contribution in [3.63, 3.8) is 0 Å². The minimum Gasteiger partial charge on any atom is -0.339 e.